The van der Waals surface area contributed by atoms with Crippen LogP contribution in [-0.4, -0.2) is 25.0 Å². The Bertz CT molecular complexity index is 1090. The number of hydrogen-bond donors (Lipinski definition) is 0. The van der Waals surface area contributed by atoms with E-state index in [0.717, 1.165) is 0 Å². The van der Waals surface area contributed by atoms with E-state index < -0.39 is 23.5 Å². The molecule has 2 aromatic carbocycles. The molecule has 0 unspecified atom stereocenters. The van der Waals surface area contributed by atoms with Gasteiger partial charge in [0.1, 0.15) is 16.9 Å². The Morgan fingerprint density at radius 3 is 2.59 bits per heavy atom. The molecular weight excluding hydrogens is 372 g/mol. The van der Waals surface area contributed by atoms with Crippen LogP contribution in [0.2, 0.25) is 5.02 Å². The highest BCUT2D eigenvalue weighted by atomic mass is 35.5. The number of methoxy groups -OCH3 is 1. The molecule has 1 aromatic heterocycles. The predicted octanol–water partition coefficient (Wildman–Crippen LogP) is 3.88. The smallest absolute Gasteiger partial charge is 0.351 e. The highest BCUT2D eigenvalue weighted by molar-refractivity contribution is 6.31. The number of carbonyl (C=O) groups excluding carboxylic acids is 2. The molecule has 0 N–H and O–H groups in total. The zero-order valence-corrected chi connectivity index (χ0v) is 15.3. The van der Waals surface area contributed by atoms with Crippen molar-refractivity contribution in [3.8, 4) is 5.75 Å². The number of carbonyl (C=O) groups is 2. The fourth-order valence-corrected chi connectivity index (χ4v) is 2.72. The van der Waals surface area contributed by atoms with Gasteiger partial charge in [-0.25, -0.2) is 9.59 Å². The van der Waals surface area contributed by atoms with Gasteiger partial charge >= 0.3 is 11.6 Å². The van der Waals surface area contributed by atoms with E-state index in [9.17, 15) is 14.4 Å². The van der Waals surface area contributed by atoms with Crippen LogP contribution >= 0.6 is 11.6 Å². The molecule has 0 saturated heterocycles. The summed E-state index contributed by atoms with van der Waals surface area (Å²) < 4.78 is 15.4. The van der Waals surface area contributed by atoms with Crippen LogP contribution in [0.15, 0.2) is 57.7 Å². The molecule has 138 valence electrons. The summed E-state index contributed by atoms with van der Waals surface area (Å²) in [5.74, 6) is -0.839. The van der Waals surface area contributed by atoms with E-state index in [2.05, 4.69) is 0 Å². The average molecular weight is 387 g/mol. The van der Waals surface area contributed by atoms with Gasteiger partial charge in [-0.05, 0) is 43.3 Å². The first kappa shape index (κ1) is 18.7. The standard InChI is InChI=1S/C20H15ClO6/c1-11(18(22)12-4-3-5-14(21)8-12)26-19(23)16-10-13-9-15(25-2)6-7-17(13)27-20(16)24/h3-11H,1-2H3/t11-/m1/s1. The van der Waals surface area contributed by atoms with E-state index >= 15 is 0 Å². The van der Waals surface area contributed by atoms with Crippen molar-refractivity contribution in [2.75, 3.05) is 7.11 Å². The number of ether oxygens (including phenoxy) is 2. The second-order valence-corrected chi connectivity index (χ2v) is 6.21. The third kappa shape index (κ3) is 4.01. The molecule has 27 heavy (non-hydrogen) atoms. The summed E-state index contributed by atoms with van der Waals surface area (Å²) in [4.78, 5) is 36.9. The van der Waals surface area contributed by atoms with Crippen molar-refractivity contribution < 1.29 is 23.5 Å². The molecule has 7 heteroatoms. The van der Waals surface area contributed by atoms with E-state index in [1.54, 1.807) is 36.4 Å². The summed E-state index contributed by atoms with van der Waals surface area (Å²) in [7, 11) is 1.50. The van der Waals surface area contributed by atoms with Crippen LogP contribution < -0.4 is 10.4 Å². The van der Waals surface area contributed by atoms with E-state index in [1.165, 1.54) is 26.2 Å². The van der Waals surface area contributed by atoms with Crippen molar-refractivity contribution in [3.63, 3.8) is 0 Å². The molecule has 1 atom stereocenters. The molecule has 6 nitrogen and oxygen atoms in total. The Morgan fingerprint density at radius 2 is 1.89 bits per heavy atom. The van der Waals surface area contributed by atoms with Gasteiger partial charge in [0, 0.05) is 16.0 Å². The Hall–Kier alpha value is -3.12. The fourth-order valence-electron chi connectivity index (χ4n) is 2.52. The summed E-state index contributed by atoms with van der Waals surface area (Å²) in [6, 6.07) is 12.5. The number of rotatable bonds is 5. The number of ketones is 1. The monoisotopic (exact) mass is 386 g/mol. The van der Waals surface area contributed by atoms with Gasteiger partial charge in [-0.2, -0.15) is 0 Å². The van der Waals surface area contributed by atoms with Gasteiger partial charge in [-0.3, -0.25) is 4.79 Å². The highest BCUT2D eigenvalue weighted by Gasteiger charge is 2.23. The molecule has 0 fully saturated rings. The van der Waals surface area contributed by atoms with Gasteiger partial charge in [-0.1, -0.05) is 23.7 Å². The summed E-state index contributed by atoms with van der Waals surface area (Å²) in [5.41, 5.74) is -0.542. The van der Waals surface area contributed by atoms with Crippen molar-refractivity contribution in [1.29, 1.82) is 0 Å². The molecule has 0 aliphatic rings. The maximum Gasteiger partial charge on any atom is 0.351 e. The number of hydrogen-bond acceptors (Lipinski definition) is 6. The Morgan fingerprint density at radius 1 is 1.11 bits per heavy atom. The average Bonchev–Trinajstić information content (AvgIpc) is 2.66. The minimum absolute atomic E-state index is 0.304. The molecule has 0 radical (unpaired) electrons. The molecule has 0 aliphatic heterocycles. The molecule has 1 heterocycles. The third-order valence-electron chi connectivity index (χ3n) is 3.92. The van der Waals surface area contributed by atoms with Gasteiger partial charge in [0.05, 0.1) is 7.11 Å². The zero-order chi connectivity index (χ0) is 19.6. The first-order valence-corrected chi connectivity index (χ1v) is 8.39. The minimum Gasteiger partial charge on any atom is -0.497 e. The number of fused-ring (bicyclic) bond motifs is 1. The van der Waals surface area contributed by atoms with Crippen LogP contribution in [0.25, 0.3) is 11.0 Å². The topological polar surface area (TPSA) is 82.8 Å². The molecule has 0 aliphatic carbocycles. The number of halogens is 1. The first-order chi connectivity index (χ1) is 12.9. The van der Waals surface area contributed by atoms with Gasteiger partial charge in [0.25, 0.3) is 0 Å². The first-order valence-electron chi connectivity index (χ1n) is 8.01. The maximum atomic E-state index is 12.4. The van der Waals surface area contributed by atoms with Gasteiger partial charge in [0.2, 0.25) is 5.78 Å². The summed E-state index contributed by atoms with van der Waals surface area (Å²) in [6.07, 6.45) is -1.10. The summed E-state index contributed by atoms with van der Waals surface area (Å²) in [6.45, 7) is 1.42. The lowest BCUT2D eigenvalue weighted by atomic mass is 10.1. The highest BCUT2D eigenvalue weighted by Crippen LogP contribution is 2.21. The van der Waals surface area contributed by atoms with Crippen LogP contribution in [0.1, 0.15) is 27.6 Å². The lowest BCUT2D eigenvalue weighted by Gasteiger charge is -2.12. The predicted molar refractivity (Wildman–Crippen MR) is 99.7 cm³/mol. The zero-order valence-electron chi connectivity index (χ0n) is 14.5. The van der Waals surface area contributed by atoms with Crippen LogP contribution in [0.4, 0.5) is 0 Å². The molecule has 0 bridgehead atoms. The Kier molecular flexibility index (Phi) is 5.28. The normalized spacial score (nSPS) is 11.8. The lowest BCUT2D eigenvalue weighted by molar-refractivity contribution is 0.0315. The third-order valence-corrected chi connectivity index (χ3v) is 4.16. The number of esters is 1. The SMILES string of the molecule is COc1ccc2oc(=O)c(C(=O)O[C@H](C)C(=O)c3cccc(Cl)c3)cc2c1. The van der Waals surface area contributed by atoms with E-state index in [4.69, 9.17) is 25.5 Å². The van der Waals surface area contributed by atoms with Crippen LogP contribution in [-0.2, 0) is 4.74 Å². The van der Waals surface area contributed by atoms with Crippen molar-refractivity contribution in [3.05, 3.63) is 75.1 Å². The number of Topliss-reactive ketones (excluding diaryl/α,β-unsaturated/α-hetero) is 1. The quantitative estimate of drug-likeness (QED) is 0.376. The Balaban J connectivity index is 1.85. The molecule has 3 aromatic rings. The maximum absolute atomic E-state index is 12.4. The molecule has 0 spiro atoms. The largest absolute Gasteiger partial charge is 0.497 e. The van der Waals surface area contributed by atoms with Crippen LogP contribution in [0, 0.1) is 0 Å². The van der Waals surface area contributed by atoms with Crippen LogP contribution in [0.3, 0.4) is 0 Å². The van der Waals surface area contributed by atoms with Crippen molar-refractivity contribution in [2.45, 2.75) is 13.0 Å². The summed E-state index contributed by atoms with van der Waals surface area (Å²) in [5, 5.41) is 0.887. The second-order valence-electron chi connectivity index (χ2n) is 5.77. The second kappa shape index (κ2) is 7.63. The van der Waals surface area contributed by atoms with Crippen LogP contribution in [0.5, 0.6) is 5.75 Å². The lowest BCUT2D eigenvalue weighted by Crippen LogP contribution is -2.27. The molecule has 0 amide bonds. The molecule has 3 rings (SSSR count). The van der Waals surface area contributed by atoms with Gasteiger partial charge < -0.3 is 13.9 Å². The van der Waals surface area contributed by atoms with Gasteiger partial charge in [-0.15, -0.1) is 0 Å². The summed E-state index contributed by atoms with van der Waals surface area (Å²) >= 11 is 5.87. The van der Waals surface area contributed by atoms with E-state index in [1.807, 2.05) is 0 Å². The number of benzene rings is 2. The van der Waals surface area contributed by atoms with E-state index in [-0.39, 0.29) is 5.56 Å². The minimum atomic E-state index is -1.10. The Labute approximate surface area is 159 Å². The van der Waals surface area contributed by atoms with Gasteiger partial charge in [0.15, 0.2) is 6.10 Å². The van der Waals surface area contributed by atoms with Crippen molar-refractivity contribution >= 4 is 34.3 Å². The molecular formula is C20H15ClO6. The van der Waals surface area contributed by atoms with E-state index in [0.29, 0.717) is 27.3 Å². The van der Waals surface area contributed by atoms with Crippen molar-refractivity contribution in [2.24, 2.45) is 0 Å². The fraction of sp³-hybridized carbons (Fsp3) is 0.150. The van der Waals surface area contributed by atoms with Crippen molar-refractivity contribution in [1.82, 2.24) is 0 Å². The molecule has 0 saturated carbocycles.